The molecule has 19 heavy (non-hydrogen) atoms. The zero-order chi connectivity index (χ0) is 14.0. The molecule has 0 bridgehead atoms. The van der Waals surface area contributed by atoms with E-state index in [-0.39, 0.29) is 11.3 Å². The summed E-state index contributed by atoms with van der Waals surface area (Å²) in [5.74, 6) is -1.82. The molecule has 0 aliphatic heterocycles. The van der Waals surface area contributed by atoms with E-state index < -0.39 is 17.9 Å². The fraction of sp³-hybridized carbons (Fsp3) is 0.182. The summed E-state index contributed by atoms with van der Waals surface area (Å²) < 4.78 is 38.0. The fourth-order valence-electron chi connectivity index (χ4n) is 1.45. The number of para-hydroxylation sites is 1. The summed E-state index contributed by atoms with van der Waals surface area (Å²) in [7, 11) is 0. The number of anilines is 1. The number of hydrogen-bond donors (Lipinski definition) is 2. The Hall–Kier alpha value is -2.38. The van der Waals surface area contributed by atoms with Crippen molar-refractivity contribution in [2.45, 2.75) is 13.1 Å². The molecule has 5 nitrogen and oxygen atoms in total. The van der Waals surface area contributed by atoms with Crippen molar-refractivity contribution in [3.8, 4) is 0 Å². The van der Waals surface area contributed by atoms with Crippen LogP contribution in [0.25, 0.3) is 10.9 Å². The van der Waals surface area contributed by atoms with Crippen LogP contribution >= 0.6 is 0 Å². The van der Waals surface area contributed by atoms with Crippen LogP contribution < -0.4 is 10.9 Å². The lowest BCUT2D eigenvalue weighted by molar-refractivity contribution is -0.144. The zero-order valence-electron chi connectivity index (χ0n) is 9.75. The Labute approximate surface area is 105 Å². The predicted octanol–water partition coefficient (Wildman–Crippen LogP) is 2.11. The number of fused-ring (bicyclic) bond motifs is 1. The van der Waals surface area contributed by atoms with Gasteiger partial charge in [0.25, 0.3) is 0 Å². The van der Waals surface area contributed by atoms with Crippen molar-refractivity contribution in [1.82, 2.24) is 15.4 Å². The van der Waals surface area contributed by atoms with Crippen molar-refractivity contribution in [2.75, 3.05) is 5.43 Å². The third-order valence-corrected chi connectivity index (χ3v) is 2.21. The second-order valence-corrected chi connectivity index (χ2v) is 3.72. The molecule has 0 spiro atoms. The Morgan fingerprint density at radius 3 is 2.53 bits per heavy atom. The van der Waals surface area contributed by atoms with E-state index in [1.54, 1.807) is 18.2 Å². The first-order chi connectivity index (χ1) is 8.88. The molecule has 2 N–H and O–H groups in total. The standard InChI is InChI=1S/C11H9F3N4O/c1-6(19)17-18-9-7-4-2-3-5-8(7)15-10(16-9)11(12,13)14/h2-5H,1H3,(H,17,19)(H,15,16,18). The van der Waals surface area contributed by atoms with Gasteiger partial charge in [-0.3, -0.25) is 15.6 Å². The molecule has 0 aliphatic carbocycles. The van der Waals surface area contributed by atoms with Crippen molar-refractivity contribution < 1.29 is 18.0 Å². The smallest absolute Gasteiger partial charge is 0.281 e. The first-order valence-corrected chi connectivity index (χ1v) is 5.24. The minimum absolute atomic E-state index is 0.104. The lowest BCUT2D eigenvalue weighted by Crippen LogP contribution is -2.28. The van der Waals surface area contributed by atoms with Crippen LogP contribution in [-0.4, -0.2) is 15.9 Å². The first kappa shape index (κ1) is 13.1. The van der Waals surface area contributed by atoms with Gasteiger partial charge >= 0.3 is 6.18 Å². The topological polar surface area (TPSA) is 66.9 Å². The summed E-state index contributed by atoms with van der Waals surface area (Å²) in [5.41, 5.74) is 4.67. The van der Waals surface area contributed by atoms with Crippen LogP contribution in [0.1, 0.15) is 12.7 Å². The average Bonchev–Trinajstić information content (AvgIpc) is 2.34. The molecule has 0 aliphatic rings. The predicted molar refractivity (Wildman–Crippen MR) is 62.0 cm³/mol. The van der Waals surface area contributed by atoms with E-state index in [2.05, 4.69) is 20.8 Å². The first-order valence-electron chi connectivity index (χ1n) is 5.24. The normalized spacial score (nSPS) is 11.4. The number of benzene rings is 1. The maximum atomic E-state index is 12.7. The number of hydrogen-bond acceptors (Lipinski definition) is 4. The maximum absolute atomic E-state index is 12.7. The maximum Gasteiger partial charge on any atom is 0.451 e. The van der Waals surface area contributed by atoms with Crippen LogP contribution in [0.4, 0.5) is 19.0 Å². The molecule has 2 rings (SSSR count). The molecule has 0 fully saturated rings. The molecule has 2 aromatic rings. The van der Waals surface area contributed by atoms with Crippen molar-refractivity contribution in [3.63, 3.8) is 0 Å². The quantitative estimate of drug-likeness (QED) is 0.820. The number of alkyl halides is 3. The van der Waals surface area contributed by atoms with E-state index in [9.17, 15) is 18.0 Å². The molecule has 0 atom stereocenters. The van der Waals surface area contributed by atoms with Crippen molar-refractivity contribution >= 4 is 22.6 Å². The van der Waals surface area contributed by atoms with Crippen molar-refractivity contribution in [2.24, 2.45) is 0 Å². The second kappa shape index (κ2) is 4.71. The van der Waals surface area contributed by atoms with Gasteiger partial charge in [0, 0.05) is 12.3 Å². The number of carbonyl (C=O) groups is 1. The van der Waals surface area contributed by atoms with Crippen molar-refractivity contribution in [1.29, 1.82) is 0 Å². The molecule has 1 heterocycles. The minimum Gasteiger partial charge on any atom is -0.281 e. The van der Waals surface area contributed by atoms with Crippen LogP contribution in [0.3, 0.4) is 0 Å². The highest BCUT2D eigenvalue weighted by atomic mass is 19.4. The van der Waals surface area contributed by atoms with Gasteiger partial charge in [0.1, 0.15) is 0 Å². The number of halogens is 3. The SMILES string of the molecule is CC(=O)NNc1nc(C(F)(F)F)nc2ccccc12. The minimum atomic E-state index is -4.66. The van der Waals surface area contributed by atoms with E-state index in [1.165, 1.54) is 13.0 Å². The van der Waals surface area contributed by atoms with Crippen LogP contribution in [0.5, 0.6) is 0 Å². The van der Waals surface area contributed by atoms with Gasteiger partial charge in [-0.1, -0.05) is 12.1 Å². The Balaban J connectivity index is 2.55. The number of aromatic nitrogens is 2. The van der Waals surface area contributed by atoms with Gasteiger partial charge in [0.05, 0.1) is 5.52 Å². The number of hydrazine groups is 1. The lowest BCUT2D eigenvalue weighted by Gasteiger charge is -2.12. The summed E-state index contributed by atoms with van der Waals surface area (Å²) >= 11 is 0. The zero-order valence-corrected chi connectivity index (χ0v) is 9.75. The van der Waals surface area contributed by atoms with Crippen molar-refractivity contribution in [3.05, 3.63) is 30.1 Å². The monoisotopic (exact) mass is 270 g/mol. The summed E-state index contributed by atoms with van der Waals surface area (Å²) in [5, 5.41) is 0.379. The van der Waals surface area contributed by atoms with Gasteiger partial charge in [-0.15, -0.1) is 0 Å². The van der Waals surface area contributed by atoms with Crippen LogP contribution in [0.2, 0.25) is 0 Å². The summed E-state index contributed by atoms with van der Waals surface area (Å²) in [4.78, 5) is 17.6. The molecule has 0 saturated carbocycles. The number of nitrogens with one attached hydrogen (secondary N) is 2. The number of amides is 1. The Bertz CT molecular complexity index is 627. The van der Waals surface area contributed by atoms with Gasteiger partial charge < -0.3 is 0 Å². The summed E-state index contributed by atoms with van der Waals surface area (Å²) in [6.07, 6.45) is -4.66. The number of rotatable bonds is 2. The largest absolute Gasteiger partial charge is 0.451 e. The van der Waals surface area contributed by atoms with E-state index in [4.69, 9.17) is 0 Å². The Morgan fingerprint density at radius 1 is 1.21 bits per heavy atom. The highest BCUT2D eigenvalue weighted by molar-refractivity contribution is 5.89. The molecule has 100 valence electrons. The van der Waals surface area contributed by atoms with Crippen LogP contribution in [0, 0.1) is 0 Å². The molecular formula is C11H9F3N4O. The van der Waals surface area contributed by atoms with E-state index in [0.717, 1.165) is 0 Å². The highest BCUT2D eigenvalue weighted by Crippen LogP contribution is 2.29. The number of nitrogens with zero attached hydrogens (tertiary/aromatic N) is 2. The summed E-state index contributed by atoms with van der Waals surface area (Å²) in [6, 6.07) is 6.19. The molecule has 0 saturated heterocycles. The average molecular weight is 270 g/mol. The third kappa shape index (κ3) is 2.90. The lowest BCUT2D eigenvalue weighted by atomic mass is 10.2. The van der Waals surface area contributed by atoms with Crippen LogP contribution in [0.15, 0.2) is 24.3 Å². The van der Waals surface area contributed by atoms with E-state index >= 15 is 0 Å². The second-order valence-electron chi connectivity index (χ2n) is 3.72. The highest BCUT2D eigenvalue weighted by Gasteiger charge is 2.35. The fourth-order valence-corrected chi connectivity index (χ4v) is 1.45. The van der Waals surface area contributed by atoms with Gasteiger partial charge in [-0.05, 0) is 12.1 Å². The molecule has 8 heteroatoms. The molecule has 1 amide bonds. The van der Waals surface area contributed by atoms with E-state index in [1.807, 2.05) is 0 Å². The molecule has 0 unspecified atom stereocenters. The Morgan fingerprint density at radius 2 is 1.89 bits per heavy atom. The van der Waals surface area contributed by atoms with Gasteiger partial charge in [-0.2, -0.15) is 13.2 Å². The third-order valence-electron chi connectivity index (χ3n) is 2.21. The summed E-state index contributed by atoms with van der Waals surface area (Å²) in [6.45, 7) is 1.22. The molecular weight excluding hydrogens is 261 g/mol. The molecule has 1 aromatic carbocycles. The van der Waals surface area contributed by atoms with Gasteiger partial charge in [0.15, 0.2) is 5.82 Å². The number of carbonyl (C=O) groups excluding carboxylic acids is 1. The van der Waals surface area contributed by atoms with Gasteiger partial charge in [0.2, 0.25) is 11.7 Å². The Kier molecular flexibility index (Phi) is 3.24. The molecule has 0 radical (unpaired) electrons. The van der Waals surface area contributed by atoms with Crippen LogP contribution in [-0.2, 0) is 11.0 Å². The molecule has 1 aromatic heterocycles. The van der Waals surface area contributed by atoms with E-state index in [0.29, 0.717) is 5.39 Å². The van der Waals surface area contributed by atoms with Gasteiger partial charge in [-0.25, -0.2) is 9.97 Å².